The summed E-state index contributed by atoms with van der Waals surface area (Å²) in [7, 11) is 0. The molecule has 3 heterocycles. The maximum atomic E-state index is 13.1. The predicted octanol–water partition coefficient (Wildman–Crippen LogP) is 3.33. The number of carbonyl (C=O) groups excluding carboxylic acids is 3. The van der Waals surface area contributed by atoms with Crippen molar-refractivity contribution in [2.45, 2.75) is 44.8 Å². The van der Waals surface area contributed by atoms with Crippen LogP contribution in [0.4, 0.5) is 0 Å². The molecule has 1 atom stereocenters. The normalized spacial score (nSPS) is 15.6. The third kappa shape index (κ3) is 6.40. The van der Waals surface area contributed by atoms with Gasteiger partial charge in [0.2, 0.25) is 17.6 Å². The lowest BCUT2D eigenvalue weighted by molar-refractivity contribution is -0.147. The zero-order valence-corrected chi connectivity index (χ0v) is 22.1. The Balaban J connectivity index is 1.39. The van der Waals surface area contributed by atoms with Gasteiger partial charge in [0, 0.05) is 32.1 Å². The first-order chi connectivity index (χ1) is 17.9. The van der Waals surface area contributed by atoms with Crippen LogP contribution in [-0.2, 0) is 19.1 Å². The lowest BCUT2D eigenvalue weighted by atomic mass is 10.1. The molecule has 196 valence electrons. The number of hydrogen-bond acceptors (Lipinski definition) is 8. The van der Waals surface area contributed by atoms with Gasteiger partial charge in [0.1, 0.15) is 0 Å². The van der Waals surface area contributed by atoms with Crippen molar-refractivity contribution in [2.24, 2.45) is 0 Å². The largest absolute Gasteiger partial charge is 0.466 e. The Morgan fingerprint density at radius 2 is 1.95 bits per heavy atom. The molecule has 1 saturated heterocycles. The van der Waals surface area contributed by atoms with Crippen LogP contribution < -0.4 is 0 Å². The average molecular weight is 526 g/mol. The van der Waals surface area contributed by atoms with Crippen LogP contribution in [0, 0.1) is 6.92 Å². The van der Waals surface area contributed by atoms with Gasteiger partial charge in [-0.2, -0.15) is 0 Å². The number of esters is 1. The number of thioether (sulfide) groups is 1. The number of aromatic nitrogens is 3. The van der Waals surface area contributed by atoms with E-state index in [1.54, 1.807) is 29.1 Å². The molecule has 10 nitrogen and oxygen atoms in total. The van der Waals surface area contributed by atoms with Crippen molar-refractivity contribution >= 4 is 29.5 Å². The first-order valence-corrected chi connectivity index (χ1v) is 13.3. The van der Waals surface area contributed by atoms with Gasteiger partial charge in [-0.3, -0.25) is 19.0 Å². The predicted molar refractivity (Wildman–Crippen MR) is 138 cm³/mol. The van der Waals surface area contributed by atoms with E-state index in [1.165, 1.54) is 11.8 Å². The van der Waals surface area contributed by atoms with E-state index in [0.29, 0.717) is 43.0 Å². The Morgan fingerprint density at radius 1 is 1.11 bits per heavy atom. The number of carbonyl (C=O) groups is 3. The lowest BCUT2D eigenvalue weighted by Crippen LogP contribution is -2.55. The van der Waals surface area contributed by atoms with E-state index in [-0.39, 0.29) is 42.4 Å². The molecule has 0 spiro atoms. The fourth-order valence-electron chi connectivity index (χ4n) is 4.29. The SMILES string of the molecule is CCOC(=O)CCC(=O)N1CCN(C(=O)CSc2nnc(-c3ccco3)n2-c2cccc(C)c2)CC1C. The minimum absolute atomic E-state index is 0.0335. The fraction of sp³-hybridized carbons (Fsp3) is 0.423. The quantitative estimate of drug-likeness (QED) is 0.309. The summed E-state index contributed by atoms with van der Waals surface area (Å²) in [6, 6.07) is 11.5. The second kappa shape index (κ2) is 12.1. The van der Waals surface area contributed by atoms with Gasteiger partial charge < -0.3 is 19.0 Å². The highest BCUT2D eigenvalue weighted by Gasteiger charge is 2.30. The van der Waals surface area contributed by atoms with E-state index in [2.05, 4.69) is 10.2 Å². The summed E-state index contributed by atoms with van der Waals surface area (Å²) < 4.78 is 12.4. The zero-order chi connectivity index (χ0) is 26.4. The number of rotatable bonds is 9. The lowest BCUT2D eigenvalue weighted by Gasteiger charge is -2.40. The van der Waals surface area contributed by atoms with Crippen molar-refractivity contribution in [3.63, 3.8) is 0 Å². The van der Waals surface area contributed by atoms with Crippen molar-refractivity contribution in [2.75, 3.05) is 32.0 Å². The van der Waals surface area contributed by atoms with Gasteiger partial charge in [-0.15, -0.1) is 10.2 Å². The Kier molecular flexibility index (Phi) is 8.65. The van der Waals surface area contributed by atoms with Crippen LogP contribution in [0.25, 0.3) is 17.3 Å². The Labute approximate surface area is 220 Å². The van der Waals surface area contributed by atoms with E-state index in [4.69, 9.17) is 9.15 Å². The molecular weight excluding hydrogens is 494 g/mol. The summed E-state index contributed by atoms with van der Waals surface area (Å²) in [4.78, 5) is 40.8. The van der Waals surface area contributed by atoms with Crippen LogP contribution in [-0.4, -0.2) is 80.4 Å². The molecule has 1 aliphatic rings. The number of aryl methyl sites for hydroxylation is 1. The molecule has 1 fully saturated rings. The number of nitrogens with zero attached hydrogens (tertiary/aromatic N) is 5. The Bertz CT molecular complexity index is 1240. The standard InChI is InChI=1S/C26H31N5O5S/c1-4-35-24(34)11-10-22(32)30-13-12-29(16-19(30)3)23(33)17-37-26-28-27-25(21-9-6-14-36-21)31(26)20-8-5-7-18(2)15-20/h5-9,14-15,19H,4,10-13,16-17H2,1-3H3. The van der Waals surface area contributed by atoms with Gasteiger partial charge in [-0.05, 0) is 50.6 Å². The molecule has 1 aliphatic heterocycles. The zero-order valence-electron chi connectivity index (χ0n) is 21.3. The monoisotopic (exact) mass is 525 g/mol. The van der Waals surface area contributed by atoms with Crippen molar-refractivity contribution in [3.05, 3.63) is 48.2 Å². The molecule has 4 rings (SSSR count). The van der Waals surface area contributed by atoms with Crippen molar-refractivity contribution in [1.29, 1.82) is 0 Å². The van der Waals surface area contributed by atoms with Crippen LogP contribution in [0.15, 0.2) is 52.2 Å². The Hall–Kier alpha value is -3.60. The van der Waals surface area contributed by atoms with Crippen LogP contribution in [0.1, 0.15) is 32.3 Å². The van der Waals surface area contributed by atoms with Crippen LogP contribution in [0.5, 0.6) is 0 Å². The van der Waals surface area contributed by atoms with E-state index < -0.39 is 0 Å². The van der Waals surface area contributed by atoms with E-state index >= 15 is 0 Å². The van der Waals surface area contributed by atoms with Gasteiger partial charge in [-0.25, -0.2) is 0 Å². The summed E-state index contributed by atoms with van der Waals surface area (Å²) in [5, 5.41) is 9.27. The smallest absolute Gasteiger partial charge is 0.306 e. The summed E-state index contributed by atoms with van der Waals surface area (Å²) in [6.07, 6.45) is 1.76. The minimum Gasteiger partial charge on any atom is -0.466 e. The number of amides is 2. The second-order valence-electron chi connectivity index (χ2n) is 8.83. The fourth-order valence-corrected chi connectivity index (χ4v) is 5.14. The van der Waals surface area contributed by atoms with Crippen molar-refractivity contribution < 1.29 is 23.5 Å². The highest BCUT2D eigenvalue weighted by molar-refractivity contribution is 7.99. The summed E-state index contributed by atoms with van der Waals surface area (Å²) >= 11 is 1.32. The second-order valence-corrected chi connectivity index (χ2v) is 9.77. The average Bonchev–Trinajstić information content (AvgIpc) is 3.56. The molecule has 1 unspecified atom stereocenters. The Morgan fingerprint density at radius 3 is 2.65 bits per heavy atom. The molecule has 0 bridgehead atoms. The van der Waals surface area contributed by atoms with Crippen molar-refractivity contribution in [1.82, 2.24) is 24.6 Å². The van der Waals surface area contributed by atoms with Crippen LogP contribution in [0.3, 0.4) is 0 Å². The van der Waals surface area contributed by atoms with Gasteiger partial charge in [0.25, 0.3) is 0 Å². The highest BCUT2D eigenvalue weighted by atomic mass is 32.2. The molecular formula is C26H31N5O5S. The number of ether oxygens (including phenoxy) is 1. The highest BCUT2D eigenvalue weighted by Crippen LogP contribution is 2.29. The van der Waals surface area contributed by atoms with E-state index in [1.807, 2.05) is 48.7 Å². The van der Waals surface area contributed by atoms with Crippen LogP contribution >= 0.6 is 11.8 Å². The number of benzene rings is 1. The third-order valence-corrected chi connectivity index (χ3v) is 7.02. The summed E-state index contributed by atoms with van der Waals surface area (Å²) in [6.45, 7) is 7.28. The van der Waals surface area contributed by atoms with Crippen LogP contribution in [0.2, 0.25) is 0 Å². The topological polar surface area (TPSA) is 111 Å². The van der Waals surface area contributed by atoms with Gasteiger partial charge in [-0.1, -0.05) is 23.9 Å². The first kappa shape index (κ1) is 26.5. The number of piperazine rings is 1. The molecule has 0 N–H and O–H groups in total. The third-order valence-electron chi connectivity index (χ3n) is 6.11. The van der Waals surface area contributed by atoms with Gasteiger partial charge in [0.05, 0.1) is 30.7 Å². The van der Waals surface area contributed by atoms with E-state index in [9.17, 15) is 14.4 Å². The molecule has 11 heteroatoms. The maximum absolute atomic E-state index is 13.1. The number of furan rings is 1. The molecule has 0 aliphatic carbocycles. The first-order valence-electron chi connectivity index (χ1n) is 12.3. The molecule has 0 radical (unpaired) electrons. The molecule has 3 aromatic rings. The van der Waals surface area contributed by atoms with Crippen molar-refractivity contribution in [3.8, 4) is 17.3 Å². The maximum Gasteiger partial charge on any atom is 0.306 e. The van der Waals surface area contributed by atoms with Gasteiger partial charge >= 0.3 is 5.97 Å². The number of hydrogen-bond donors (Lipinski definition) is 0. The summed E-state index contributed by atoms with van der Waals surface area (Å²) in [5.74, 6) is 0.834. The molecule has 0 saturated carbocycles. The molecule has 1 aromatic carbocycles. The minimum atomic E-state index is -0.372. The molecule has 2 amide bonds. The molecule has 2 aromatic heterocycles. The molecule has 37 heavy (non-hydrogen) atoms. The van der Waals surface area contributed by atoms with E-state index in [0.717, 1.165) is 11.3 Å². The van der Waals surface area contributed by atoms with Gasteiger partial charge in [0.15, 0.2) is 10.9 Å². The summed E-state index contributed by atoms with van der Waals surface area (Å²) in [5.41, 5.74) is 1.97.